The fraction of sp³-hybridized carbons (Fsp3) is 0.320. The third-order valence-electron chi connectivity index (χ3n) is 6.82. The van der Waals surface area contributed by atoms with E-state index in [1.807, 2.05) is 0 Å². The van der Waals surface area contributed by atoms with Crippen LogP contribution in [0.25, 0.3) is 5.69 Å². The topological polar surface area (TPSA) is 135 Å². The highest BCUT2D eigenvalue weighted by Crippen LogP contribution is 2.35. The Morgan fingerprint density at radius 3 is 2.60 bits per heavy atom. The van der Waals surface area contributed by atoms with Crippen molar-refractivity contribution in [2.45, 2.75) is 38.8 Å². The molecule has 1 fully saturated rings. The van der Waals surface area contributed by atoms with Gasteiger partial charge in [0.25, 0.3) is 6.33 Å². The molecule has 40 heavy (non-hydrogen) atoms. The van der Waals surface area contributed by atoms with Crippen molar-refractivity contribution >= 4 is 17.7 Å². The lowest BCUT2D eigenvalue weighted by Gasteiger charge is -2.38. The van der Waals surface area contributed by atoms with E-state index < -0.39 is 35.3 Å². The molecule has 1 saturated heterocycles. The molecule has 0 radical (unpaired) electrons. The molecule has 3 heterocycles. The fourth-order valence-corrected chi connectivity index (χ4v) is 4.68. The predicted octanol–water partition coefficient (Wildman–Crippen LogP) is 1.16. The molecule has 2 aromatic carbocycles. The van der Waals surface area contributed by atoms with E-state index in [0.29, 0.717) is 24.0 Å². The summed E-state index contributed by atoms with van der Waals surface area (Å²) in [6, 6.07) is 8.56. The minimum atomic E-state index is -2.02. The van der Waals surface area contributed by atoms with Crippen LogP contribution in [-0.2, 0) is 28.4 Å². The number of urea groups is 1. The number of tetrazole rings is 1. The van der Waals surface area contributed by atoms with Gasteiger partial charge in [-0.3, -0.25) is 9.69 Å². The van der Waals surface area contributed by atoms with E-state index in [9.17, 15) is 19.1 Å². The minimum absolute atomic E-state index is 0.111. The van der Waals surface area contributed by atoms with Crippen LogP contribution >= 0.6 is 0 Å². The molecule has 2 amide bonds. The summed E-state index contributed by atoms with van der Waals surface area (Å²) in [6.45, 7) is 3.03. The van der Waals surface area contributed by atoms with E-state index in [0.717, 1.165) is 12.1 Å². The monoisotopic (exact) mass is 554 g/mol. The Balaban J connectivity index is 1.41. The van der Waals surface area contributed by atoms with Crippen LogP contribution < -0.4 is 9.47 Å². The van der Waals surface area contributed by atoms with Gasteiger partial charge in [-0.2, -0.15) is 0 Å². The number of amides is 2. The van der Waals surface area contributed by atoms with Crippen LogP contribution in [0.1, 0.15) is 19.4 Å². The summed E-state index contributed by atoms with van der Waals surface area (Å²) >= 11 is 0. The maximum atomic E-state index is 15.1. The van der Waals surface area contributed by atoms with Gasteiger partial charge in [0, 0.05) is 42.4 Å². The zero-order valence-electron chi connectivity index (χ0n) is 21.6. The Labute approximate surface area is 226 Å². The Hall–Kier alpha value is -4.79. The molecule has 1 N–H and O–H groups in total. The third kappa shape index (κ3) is 5.22. The van der Waals surface area contributed by atoms with E-state index in [-0.39, 0.29) is 25.4 Å². The summed E-state index contributed by atoms with van der Waals surface area (Å²) in [4.78, 5) is 27.7. The van der Waals surface area contributed by atoms with Gasteiger partial charge in [0.1, 0.15) is 30.1 Å². The first-order valence-corrected chi connectivity index (χ1v) is 12.3. The summed E-state index contributed by atoms with van der Waals surface area (Å²) in [5.41, 5.74) is -0.886. The second-order valence-electron chi connectivity index (χ2n) is 9.35. The number of hydrogen-bond acceptors (Lipinski definition) is 8. The van der Waals surface area contributed by atoms with E-state index >= 15 is 4.39 Å². The molecular formula is C25H26F2N9O4+. The molecule has 1 aliphatic heterocycles. The molecule has 15 heteroatoms. The first kappa shape index (κ1) is 26.8. The number of rotatable bonds is 9. The van der Waals surface area contributed by atoms with Crippen LogP contribution in [-0.4, -0.2) is 71.1 Å². The van der Waals surface area contributed by atoms with E-state index in [1.165, 1.54) is 44.7 Å². The van der Waals surface area contributed by atoms with Crippen molar-refractivity contribution < 1.29 is 32.8 Å². The Morgan fingerprint density at radius 2 is 1.93 bits per heavy atom. The lowest BCUT2D eigenvalue weighted by molar-refractivity contribution is -0.728. The number of esters is 1. The summed E-state index contributed by atoms with van der Waals surface area (Å²) in [5, 5.41) is 27.3. The maximum Gasteiger partial charge on any atom is 0.324 e. The van der Waals surface area contributed by atoms with Gasteiger partial charge < -0.3 is 14.7 Å². The average molecular weight is 555 g/mol. The van der Waals surface area contributed by atoms with Crippen molar-refractivity contribution in [2.24, 2.45) is 0 Å². The lowest BCUT2D eigenvalue weighted by Crippen LogP contribution is -2.53. The SMILES string of the molecule is CC(=O)OC[n+]1cnn(C[C@@](O)(c2ccc(F)cc2F)[C@@H](C)N2CCN(c3ccc(-n4cnnn4)cc3)C2=O)c1. The van der Waals surface area contributed by atoms with Crippen molar-refractivity contribution in [2.75, 3.05) is 18.0 Å². The van der Waals surface area contributed by atoms with E-state index in [4.69, 9.17) is 4.74 Å². The van der Waals surface area contributed by atoms with Crippen LogP contribution in [0.15, 0.2) is 61.4 Å². The number of anilines is 1. The second-order valence-corrected chi connectivity index (χ2v) is 9.35. The molecule has 0 bridgehead atoms. The van der Waals surface area contributed by atoms with Crippen molar-refractivity contribution in [1.29, 1.82) is 0 Å². The average Bonchev–Trinajstić information content (AvgIpc) is 3.69. The van der Waals surface area contributed by atoms with Crippen LogP contribution in [0.2, 0.25) is 0 Å². The standard InChI is InChI=1S/C25H26F2N9O4/c1-17(34-9-10-35(24(34)38)20-4-6-21(7-5-20)36-13-28-30-31-36)25(39,22-8-3-19(26)11-23(22)27)12-33-15-32(14-29-33)16-40-18(2)37/h3-8,11,13-15,17,39H,9-10,12,16H2,1-2H3/q+1/t17-,25+/m1/s1. The van der Waals surface area contributed by atoms with Crippen LogP contribution in [0.5, 0.6) is 0 Å². The number of benzene rings is 2. The smallest absolute Gasteiger partial charge is 0.324 e. The fourth-order valence-electron chi connectivity index (χ4n) is 4.68. The van der Waals surface area contributed by atoms with Crippen molar-refractivity contribution in [1.82, 2.24) is 34.9 Å². The van der Waals surface area contributed by atoms with E-state index in [2.05, 4.69) is 20.6 Å². The quantitative estimate of drug-likeness (QED) is 0.241. The Bertz CT molecular complexity index is 1510. The maximum absolute atomic E-state index is 15.1. The molecular weight excluding hydrogens is 528 g/mol. The number of nitrogens with zero attached hydrogens (tertiary/aromatic N) is 9. The molecule has 0 aliphatic carbocycles. The van der Waals surface area contributed by atoms with Gasteiger partial charge in [0.05, 0.1) is 11.7 Å². The molecule has 1 aliphatic rings. The molecule has 0 saturated carbocycles. The molecule has 13 nitrogen and oxygen atoms in total. The summed E-state index contributed by atoms with van der Waals surface area (Å²) in [7, 11) is 0. The third-order valence-corrected chi connectivity index (χ3v) is 6.82. The molecule has 2 aromatic heterocycles. The van der Waals surface area contributed by atoms with Gasteiger partial charge in [0.15, 0.2) is 0 Å². The van der Waals surface area contributed by atoms with Gasteiger partial charge in [-0.1, -0.05) is 6.07 Å². The molecule has 0 unspecified atom stereocenters. The number of halogens is 2. The number of ether oxygens (including phenoxy) is 1. The highest BCUT2D eigenvalue weighted by atomic mass is 19.1. The highest BCUT2D eigenvalue weighted by Gasteiger charge is 2.47. The molecule has 0 spiro atoms. The van der Waals surface area contributed by atoms with Gasteiger partial charge >= 0.3 is 12.0 Å². The van der Waals surface area contributed by atoms with Gasteiger partial charge in [-0.05, 0) is 47.7 Å². The predicted molar refractivity (Wildman–Crippen MR) is 133 cm³/mol. The number of hydrogen-bond donors (Lipinski definition) is 1. The number of aliphatic hydroxyl groups is 1. The minimum Gasteiger partial charge on any atom is -0.431 e. The molecule has 208 valence electrons. The second kappa shape index (κ2) is 10.8. The largest absolute Gasteiger partial charge is 0.431 e. The summed E-state index contributed by atoms with van der Waals surface area (Å²) in [5.74, 6) is -2.25. The number of carbonyl (C=O) groups excluding carboxylic acids is 2. The Kier molecular flexibility index (Phi) is 7.21. The Morgan fingerprint density at radius 1 is 1.18 bits per heavy atom. The normalized spacial score (nSPS) is 15.8. The zero-order chi connectivity index (χ0) is 28.4. The summed E-state index contributed by atoms with van der Waals surface area (Å²) < 4.78 is 38.1. The first-order chi connectivity index (χ1) is 19.2. The van der Waals surface area contributed by atoms with Crippen LogP contribution in [0.4, 0.5) is 19.3 Å². The van der Waals surface area contributed by atoms with Gasteiger partial charge in [-0.15, -0.1) is 9.78 Å². The molecule has 5 rings (SSSR count). The van der Waals surface area contributed by atoms with Crippen LogP contribution in [0, 0.1) is 11.6 Å². The van der Waals surface area contributed by atoms with Crippen LogP contribution in [0.3, 0.4) is 0 Å². The molecule has 4 aromatic rings. The van der Waals surface area contributed by atoms with Crippen molar-refractivity contribution in [3.63, 3.8) is 0 Å². The molecule has 2 atom stereocenters. The number of carbonyl (C=O) groups is 2. The number of aromatic nitrogens is 7. The highest BCUT2D eigenvalue weighted by molar-refractivity contribution is 5.94. The van der Waals surface area contributed by atoms with Gasteiger partial charge in [0.2, 0.25) is 13.1 Å². The zero-order valence-corrected chi connectivity index (χ0v) is 21.6. The summed E-state index contributed by atoms with van der Waals surface area (Å²) in [6.07, 6.45) is 4.29. The lowest BCUT2D eigenvalue weighted by atomic mass is 9.85. The van der Waals surface area contributed by atoms with Crippen molar-refractivity contribution in [3.05, 3.63) is 78.6 Å². The van der Waals surface area contributed by atoms with Gasteiger partial charge in [-0.25, -0.2) is 22.8 Å². The van der Waals surface area contributed by atoms with E-state index in [1.54, 1.807) is 36.1 Å². The first-order valence-electron chi connectivity index (χ1n) is 12.3. The van der Waals surface area contributed by atoms with Crippen molar-refractivity contribution in [3.8, 4) is 5.69 Å².